The van der Waals surface area contributed by atoms with Crippen LogP contribution in [0.1, 0.15) is 19.3 Å². The maximum Gasteiger partial charge on any atom is 0.246 e. The quantitative estimate of drug-likeness (QED) is 0.839. The van der Waals surface area contributed by atoms with Crippen molar-refractivity contribution in [3.8, 4) is 0 Å². The SMILES string of the molecule is Cn1cc(S(=O)(=O)N2C[C@H]3CCC(N)C[C@H]3C2)cn1. The van der Waals surface area contributed by atoms with E-state index in [0.717, 1.165) is 19.3 Å². The second-order valence-corrected chi connectivity index (χ2v) is 7.70. The van der Waals surface area contributed by atoms with Gasteiger partial charge in [-0.2, -0.15) is 9.40 Å². The molecular weight excluding hydrogens is 264 g/mol. The van der Waals surface area contributed by atoms with Gasteiger partial charge in [-0.25, -0.2) is 8.42 Å². The van der Waals surface area contributed by atoms with E-state index in [2.05, 4.69) is 5.10 Å². The minimum absolute atomic E-state index is 0.238. The normalized spacial score (nSPS) is 32.4. The molecule has 2 N–H and O–H groups in total. The van der Waals surface area contributed by atoms with Crippen LogP contribution in [0.5, 0.6) is 0 Å². The Labute approximate surface area is 113 Å². The highest BCUT2D eigenvalue weighted by Crippen LogP contribution is 2.37. The molecule has 1 aliphatic carbocycles. The summed E-state index contributed by atoms with van der Waals surface area (Å²) in [4.78, 5) is 0.290. The number of fused-ring (bicyclic) bond motifs is 1. The van der Waals surface area contributed by atoms with Gasteiger partial charge in [0.25, 0.3) is 0 Å². The van der Waals surface area contributed by atoms with Crippen LogP contribution >= 0.6 is 0 Å². The Hall–Kier alpha value is -0.920. The highest BCUT2D eigenvalue weighted by molar-refractivity contribution is 7.89. The first-order chi connectivity index (χ1) is 8.96. The molecule has 1 unspecified atom stereocenters. The molecule has 6 nitrogen and oxygen atoms in total. The van der Waals surface area contributed by atoms with Crippen molar-refractivity contribution in [2.45, 2.75) is 30.2 Å². The van der Waals surface area contributed by atoms with Crippen LogP contribution in [0.15, 0.2) is 17.3 Å². The molecule has 3 rings (SSSR count). The van der Waals surface area contributed by atoms with E-state index in [1.54, 1.807) is 17.5 Å². The van der Waals surface area contributed by atoms with Gasteiger partial charge in [-0.3, -0.25) is 4.68 Å². The minimum atomic E-state index is -3.38. The molecule has 106 valence electrons. The lowest BCUT2D eigenvalue weighted by Crippen LogP contribution is -2.32. The minimum Gasteiger partial charge on any atom is -0.328 e. The largest absolute Gasteiger partial charge is 0.328 e. The summed E-state index contributed by atoms with van der Waals surface area (Å²) in [6, 6.07) is 0.238. The number of hydrogen-bond acceptors (Lipinski definition) is 4. The highest BCUT2D eigenvalue weighted by Gasteiger charge is 2.41. The first kappa shape index (κ1) is 13.1. The van der Waals surface area contributed by atoms with Crippen LogP contribution in [0.2, 0.25) is 0 Å². The van der Waals surface area contributed by atoms with Crippen LogP contribution in [0, 0.1) is 11.8 Å². The molecule has 19 heavy (non-hydrogen) atoms. The van der Waals surface area contributed by atoms with Gasteiger partial charge in [0.1, 0.15) is 4.90 Å². The predicted molar refractivity (Wildman–Crippen MR) is 70.8 cm³/mol. The van der Waals surface area contributed by atoms with Gasteiger partial charge in [0.2, 0.25) is 10.0 Å². The molecule has 1 aromatic rings. The van der Waals surface area contributed by atoms with Crippen LogP contribution in [-0.2, 0) is 17.1 Å². The summed E-state index contributed by atoms with van der Waals surface area (Å²) in [6.07, 6.45) is 5.99. The van der Waals surface area contributed by atoms with E-state index in [1.807, 2.05) is 0 Å². The number of aromatic nitrogens is 2. The van der Waals surface area contributed by atoms with Crippen LogP contribution in [-0.4, -0.2) is 41.6 Å². The Morgan fingerprint density at radius 3 is 2.74 bits per heavy atom. The summed E-state index contributed by atoms with van der Waals surface area (Å²) >= 11 is 0. The standard InChI is InChI=1S/C12H20N4O2S/c1-15-8-12(5-14-15)19(17,18)16-6-9-2-3-11(13)4-10(9)7-16/h5,8-11H,2-4,6-7,13H2,1H3/t9-,10+,11?/m1/s1. The molecule has 0 radical (unpaired) electrons. The van der Waals surface area contributed by atoms with Crippen molar-refractivity contribution in [3.63, 3.8) is 0 Å². The van der Waals surface area contributed by atoms with Gasteiger partial charge in [-0.05, 0) is 31.1 Å². The maximum absolute atomic E-state index is 12.5. The second-order valence-electron chi connectivity index (χ2n) is 5.77. The first-order valence-electron chi connectivity index (χ1n) is 6.71. The molecule has 3 atom stereocenters. The number of nitrogens with two attached hydrogens (primary N) is 1. The molecule has 1 aromatic heterocycles. The Balaban J connectivity index is 1.80. The average molecular weight is 284 g/mol. The molecule has 1 aliphatic heterocycles. The molecule has 0 aromatic carbocycles. The second kappa shape index (κ2) is 4.57. The van der Waals surface area contributed by atoms with E-state index in [4.69, 9.17) is 5.73 Å². The van der Waals surface area contributed by atoms with Gasteiger partial charge in [-0.1, -0.05) is 0 Å². The van der Waals surface area contributed by atoms with Gasteiger partial charge in [-0.15, -0.1) is 0 Å². The van der Waals surface area contributed by atoms with E-state index < -0.39 is 10.0 Å². The lowest BCUT2D eigenvalue weighted by molar-refractivity contribution is 0.271. The Morgan fingerprint density at radius 1 is 1.32 bits per heavy atom. The smallest absolute Gasteiger partial charge is 0.246 e. The third kappa shape index (κ3) is 2.30. The lowest BCUT2D eigenvalue weighted by atomic mass is 9.79. The van der Waals surface area contributed by atoms with Gasteiger partial charge in [0, 0.05) is 32.4 Å². The molecule has 2 fully saturated rings. The monoisotopic (exact) mass is 284 g/mol. The molecule has 1 saturated carbocycles. The molecule has 1 saturated heterocycles. The fourth-order valence-electron chi connectivity index (χ4n) is 3.30. The van der Waals surface area contributed by atoms with Crippen LogP contribution in [0.4, 0.5) is 0 Å². The van der Waals surface area contributed by atoms with Gasteiger partial charge >= 0.3 is 0 Å². The summed E-state index contributed by atoms with van der Waals surface area (Å²) in [5, 5.41) is 3.95. The third-order valence-corrected chi connectivity index (χ3v) is 6.16. The summed E-state index contributed by atoms with van der Waals surface area (Å²) < 4.78 is 28.2. The molecule has 2 heterocycles. The number of nitrogens with zero attached hydrogens (tertiary/aromatic N) is 3. The van der Waals surface area contributed by atoms with E-state index in [0.29, 0.717) is 24.9 Å². The topological polar surface area (TPSA) is 81.2 Å². The average Bonchev–Trinajstić information content (AvgIpc) is 2.95. The zero-order chi connectivity index (χ0) is 13.6. The number of sulfonamides is 1. The van der Waals surface area contributed by atoms with Crippen molar-refractivity contribution in [2.24, 2.45) is 24.6 Å². The highest BCUT2D eigenvalue weighted by atomic mass is 32.2. The van der Waals surface area contributed by atoms with Crippen LogP contribution in [0.3, 0.4) is 0 Å². The van der Waals surface area contributed by atoms with Crippen molar-refractivity contribution in [2.75, 3.05) is 13.1 Å². The fourth-order valence-corrected chi connectivity index (χ4v) is 4.84. The number of rotatable bonds is 2. The summed E-state index contributed by atoms with van der Waals surface area (Å²) in [5.41, 5.74) is 5.98. The molecule has 0 bridgehead atoms. The van der Waals surface area contributed by atoms with Crippen molar-refractivity contribution in [1.29, 1.82) is 0 Å². The van der Waals surface area contributed by atoms with E-state index in [1.165, 1.54) is 10.9 Å². The first-order valence-corrected chi connectivity index (χ1v) is 8.15. The van der Waals surface area contributed by atoms with Crippen molar-refractivity contribution >= 4 is 10.0 Å². The molecular formula is C12H20N4O2S. The van der Waals surface area contributed by atoms with Gasteiger partial charge in [0.15, 0.2) is 0 Å². The van der Waals surface area contributed by atoms with E-state index in [9.17, 15) is 8.42 Å². The Morgan fingerprint density at radius 2 is 2.05 bits per heavy atom. The molecule has 7 heteroatoms. The fraction of sp³-hybridized carbons (Fsp3) is 0.750. The van der Waals surface area contributed by atoms with Crippen LogP contribution in [0.25, 0.3) is 0 Å². The number of aryl methyl sites for hydroxylation is 1. The molecule has 0 amide bonds. The molecule has 0 spiro atoms. The third-order valence-electron chi connectivity index (χ3n) is 4.38. The zero-order valence-electron chi connectivity index (χ0n) is 11.1. The summed E-state index contributed by atoms with van der Waals surface area (Å²) in [6.45, 7) is 1.24. The number of hydrogen-bond donors (Lipinski definition) is 1. The van der Waals surface area contributed by atoms with Gasteiger partial charge in [0.05, 0.1) is 6.20 Å². The van der Waals surface area contributed by atoms with E-state index >= 15 is 0 Å². The van der Waals surface area contributed by atoms with Gasteiger partial charge < -0.3 is 5.73 Å². The maximum atomic E-state index is 12.5. The Kier molecular flexibility index (Phi) is 3.15. The van der Waals surface area contributed by atoms with E-state index in [-0.39, 0.29) is 10.9 Å². The van der Waals surface area contributed by atoms with Crippen molar-refractivity contribution in [1.82, 2.24) is 14.1 Å². The zero-order valence-corrected chi connectivity index (χ0v) is 11.9. The lowest BCUT2D eigenvalue weighted by Gasteiger charge is -2.28. The van der Waals surface area contributed by atoms with Crippen molar-refractivity contribution < 1.29 is 8.42 Å². The predicted octanol–water partition coefficient (Wildman–Crippen LogP) is 0.168. The Bertz CT molecular complexity index is 568. The van der Waals surface area contributed by atoms with Crippen molar-refractivity contribution in [3.05, 3.63) is 12.4 Å². The summed E-state index contributed by atoms with van der Waals surface area (Å²) in [5.74, 6) is 0.904. The molecule has 2 aliphatic rings. The summed E-state index contributed by atoms with van der Waals surface area (Å²) in [7, 11) is -1.66. The van der Waals surface area contributed by atoms with Crippen LogP contribution < -0.4 is 5.73 Å².